The van der Waals surface area contributed by atoms with Crippen LogP contribution < -0.4 is 9.47 Å². The molecular weight excluding hydrogens is 419 g/mol. The van der Waals surface area contributed by atoms with Gasteiger partial charge in [-0.15, -0.1) is 11.6 Å². The van der Waals surface area contributed by atoms with E-state index in [0.717, 1.165) is 25.6 Å². The Hall–Kier alpha value is -0.710. The maximum absolute atomic E-state index is 6.68. The molecule has 0 saturated heterocycles. The first-order valence-corrected chi connectivity index (χ1v) is 8.31. The topological polar surface area (TPSA) is 18.5 Å². The Morgan fingerprint density at radius 1 is 0.905 bits per heavy atom. The molecule has 0 N–H and O–H groups in total. The molecule has 0 amide bonds. The van der Waals surface area contributed by atoms with Gasteiger partial charge in [0, 0.05) is 8.95 Å². The van der Waals surface area contributed by atoms with Gasteiger partial charge in [-0.05, 0) is 36.2 Å². The van der Waals surface area contributed by atoms with Crippen molar-refractivity contribution in [2.45, 2.75) is 12.3 Å². The first-order chi connectivity index (χ1) is 9.97. The predicted octanol–water partition coefficient (Wildman–Crippen LogP) is 5.87. The number of halogens is 3. The lowest BCUT2D eigenvalue weighted by atomic mass is 10.0. The van der Waals surface area contributed by atoms with Gasteiger partial charge in [-0.2, -0.15) is 0 Å². The molecule has 0 bridgehead atoms. The molecule has 2 aromatic rings. The zero-order chi connectivity index (χ0) is 15.6. The fraction of sp³-hybridized carbons (Fsp3) is 0.250. The molecule has 5 heteroatoms. The van der Waals surface area contributed by atoms with E-state index in [0.29, 0.717) is 11.5 Å². The molecule has 0 spiro atoms. The number of ether oxygens (including phenoxy) is 2. The summed E-state index contributed by atoms with van der Waals surface area (Å²) >= 11 is 13.8. The van der Waals surface area contributed by atoms with Crippen molar-refractivity contribution in [2.75, 3.05) is 14.2 Å². The van der Waals surface area contributed by atoms with E-state index in [9.17, 15) is 0 Å². The van der Waals surface area contributed by atoms with E-state index >= 15 is 0 Å². The highest BCUT2D eigenvalue weighted by molar-refractivity contribution is 9.10. The van der Waals surface area contributed by atoms with E-state index in [1.807, 2.05) is 31.2 Å². The Morgan fingerprint density at radius 3 is 2.10 bits per heavy atom. The largest absolute Gasteiger partial charge is 0.493 e. The Balaban J connectivity index is 2.52. The smallest absolute Gasteiger partial charge is 0.161 e. The van der Waals surface area contributed by atoms with Gasteiger partial charge in [0.2, 0.25) is 0 Å². The van der Waals surface area contributed by atoms with Crippen molar-refractivity contribution in [2.24, 2.45) is 0 Å². The van der Waals surface area contributed by atoms with Crippen LogP contribution >= 0.6 is 43.5 Å². The van der Waals surface area contributed by atoms with Crippen LogP contribution in [0, 0.1) is 6.92 Å². The van der Waals surface area contributed by atoms with Crippen LogP contribution in [-0.4, -0.2) is 14.2 Å². The van der Waals surface area contributed by atoms with Crippen molar-refractivity contribution in [3.05, 3.63) is 56.0 Å². The van der Waals surface area contributed by atoms with Gasteiger partial charge in [0.1, 0.15) is 0 Å². The molecule has 2 aromatic carbocycles. The van der Waals surface area contributed by atoms with E-state index in [1.54, 1.807) is 14.2 Å². The summed E-state index contributed by atoms with van der Waals surface area (Å²) in [5.74, 6) is 1.32. The Bertz CT molecular complexity index is 659. The third kappa shape index (κ3) is 3.55. The molecule has 1 atom stereocenters. The van der Waals surface area contributed by atoms with Crippen molar-refractivity contribution in [3.8, 4) is 11.5 Å². The number of alkyl halides is 1. The molecule has 0 aliphatic rings. The van der Waals surface area contributed by atoms with Crippen LogP contribution in [0.1, 0.15) is 22.1 Å². The minimum absolute atomic E-state index is 0.298. The van der Waals surface area contributed by atoms with E-state index in [-0.39, 0.29) is 5.38 Å². The van der Waals surface area contributed by atoms with Crippen LogP contribution in [0.5, 0.6) is 11.5 Å². The molecule has 0 fully saturated rings. The molecule has 0 heterocycles. The third-order valence-corrected chi connectivity index (χ3v) is 5.08. The Morgan fingerprint density at radius 2 is 1.48 bits per heavy atom. The Labute approximate surface area is 146 Å². The molecule has 2 nitrogen and oxygen atoms in total. The number of rotatable bonds is 4. The first-order valence-electron chi connectivity index (χ1n) is 6.29. The van der Waals surface area contributed by atoms with E-state index < -0.39 is 0 Å². The fourth-order valence-corrected chi connectivity index (χ4v) is 3.74. The van der Waals surface area contributed by atoms with Crippen LogP contribution in [0.25, 0.3) is 0 Å². The number of benzene rings is 2. The van der Waals surface area contributed by atoms with Crippen LogP contribution in [0.15, 0.2) is 39.3 Å². The van der Waals surface area contributed by atoms with Gasteiger partial charge in [0.25, 0.3) is 0 Å². The summed E-state index contributed by atoms with van der Waals surface area (Å²) in [5, 5.41) is -0.298. The first kappa shape index (κ1) is 16.7. The van der Waals surface area contributed by atoms with Gasteiger partial charge < -0.3 is 9.47 Å². The van der Waals surface area contributed by atoms with Crippen molar-refractivity contribution in [3.63, 3.8) is 0 Å². The highest BCUT2D eigenvalue weighted by atomic mass is 79.9. The molecule has 2 rings (SSSR count). The quantitative estimate of drug-likeness (QED) is 0.561. The van der Waals surface area contributed by atoms with Crippen LogP contribution in [0.3, 0.4) is 0 Å². The van der Waals surface area contributed by atoms with Crippen LogP contribution in [0.4, 0.5) is 0 Å². The fourth-order valence-electron chi connectivity index (χ4n) is 2.09. The monoisotopic (exact) mass is 432 g/mol. The summed E-state index contributed by atoms with van der Waals surface area (Å²) in [6.45, 7) is 2.04. The minimum Gasteiger partial charge on any atom is -0.493 e. The van der Waals surface area contributed by atoms with Gasteiger partial charge in [-0.25, -0.2) is 0 Å². The number of hydrogen-bond donors (Lipinski definition) is 0. The van der Waals surface area contributed by atoms with Crippen molar-refractivity contribution in [1.82, 2.24) is 0 Å². The molecule has 112 valence electrons. The summed E-state index contributed by atoms with van der Waals surface area (Å²) in [6, 6.07) is 9.89. The average Bonchev–Trinajstić information content (AvgIpc) is 2.48. The molecule has 1 unspecified atom stereocenters. The second-order valence-electron chi connectivity index (χ2n) is 4.62. The molecular formula is C16H15Br2ClO2. The van der Waals surface area contributed by atoms with Crippen molar-refractivity contribution < 1.29 is 9.47 Å². The molecule has 0 aromatic heterocycles. The number of methoxy groups -OCH3 is 2. The standard InChI is InChI=1S/C16H15Br2ClO2/c1-9-4-5-12(17)10(6-9)16(19)11-7-14(20-2)15(21-3)8-13(11)18/h4-8,16H,1-3H3. The molecule has 0 aliphatic carbocycles. The van der Waals surface area contributed by atoms with E-state index in [4.69, 9.17) is 21.1 Å². The summed E-state index contributed by atoms with van der Waals surface area (Å²) < 4.78 is 12.5. The normalized spacial score (nSPS) is 12.1. The molecule has 0 saturated carbocycles. The maximum atomic E-state index is 6.68. The summed E-state index contributed by atoms with van der Waals surface area (Å²) in [7, 11) is 3.22. The average molecular weight is 435 g/mol. The minimum atomic E-state index is -0.298. The van der Waals surface area contributed by atoms with Crippen LogP contribution in [-0.2, 0) is 0 Å². The zero-order valence-electron chi connectivity index (χ0n) is 11.9. The van der Waals surface area contributed by atoms with Gasteiger partial charge >= 0.3 is 0 Å². The van der Waals surface area contributed by atoms with Gasteiger partial charge in [0.15, 0.2) is 11.5 Å². The second kappa shape index (κ2) is 7.03. The summed E-state index contributed by atoms with van der Waals surface area (Å²) in [6.07, 6.45) is 0. The highest BCUT2D eigenvalue weighted by Gasteiger charge is 2.20. The number of hydrogen-bond acceptors (Lipinski definition) is 2. The molecule has 21 heavy (non-hydrogen) atoms. The Kier molecular flexibility index (Phi) is 5.58. The zero-order valence-corrected chi connectivity index (χ0v) is 15.8. The lowest BCUT2D eigenvalue weighted by Gasteiger charge is -2.17. The summed E-state index contributed by atoms with van der Waals surface area (Å²) in [4.78, 5) is 0. The van der Waals surface area contributed by atoms with Gasteiger partial charge in [0.05, 0.1) is 19.6 Å². The lowest BCUT2D eigenvalue weighted by Crippen LogP contribution is -1.99. The van der Waals surface area contributed by atoms with Crippen LogP contribution in [0.2, 0.25) is 0 Å². The highest BCUT2D eigenvalue weighted by Crippen LogP contribution is 2.42. The van der Waals surface area contributed by atoms with E-state index in [2.05, 4.69) is 37.9 Å². The third-order valence-electron chi connectivity index (χ3n) is 3.20. The van der Waals surface area contributed by atoms with Crippen molar-refractivity contribution >= 4 is 43.5 Å². The maximum Gasteiger partial charge on any atom is 0.161 e. The molecule has 0 aliphatic heterocycles. The van der Waals surface area contributed by atoms with E-state index in [1.165, 1.54) is 0 Å². The number of aryl methyl sites for hydroxylation is 1. The second-order valence-corrected chi connectivity index (χ2v) is 6.76. The molecule has 0 radical (unpaired) electrons. The lowest BCUT2D eigenvalue weighted by molar-refractivity contribution is 0.354. The van der Waals surface area contributed by atoms with Gasteiger partial charge in [-0.3, -0.25) is 0 Å². The SMILES string of the molecule is COc1cc(Br)c(C(Cl)c2cc(C)ccc2Br)cc1OC. The summed E-state index contributed by atoms with van der Waals surface area (Å²) in [5.41, 5.74) is 3.11. The van der Waals surface area contributed by atoms with Gasteiger partial charge in [-0.1, -0.05) is 49.6 Å². The predicted molar refractivity (Wildman–Crippen MR) is 93.8 cm³/mol. The van der Waals surface area contributed by atoms with Crippen molar-refractivity contribution in [1.29, 1.82) is 0 Å².